The Morgan fingerprint density at radius 2 is 1.76 bits per heavy atom. The number of H-pyrrole nitrogens is 1. The number of anilines is 1. The third-order valence-corrected chi connectivity index (χ3v) is 7.44. The summed E-state index contributed by atoms with van der Waals surface area (Å²) in [7, 11) is 0. The predicted molar refractivity (Wildman–Crippen MR) is 131 cm³/mol. The number of hydrogen-bond acceptors (Lipinski definition) is 3. The molecule has 0 saturated carbocycles. The number of benzene rings is 2. The molecule has 0 unspecified atom stereocenters. The van der Waals surface area contributed by atoms with Crippen LogP contribution < -0.4 is 5.32 Å². The van der Waals surface area contributed by atoms with Gasteiger partial charge in [0.25, 0.3) is 0 Å². The maximum Gasteiger partial charge on any atom is 0.401 e. The molecule has 200 valence electrons. The highest BCUT2D eigenvalue weighted by Gasteiger charge is 2.44. The van der Waals surface area contributed by atoms with E-state index in [1.165, 1.54) is 18.2 Å². The summed E-state index contributed by atoms with van der Waals surface area (Å²) in [6.45, 7) is 4.87. The van der Waals surface area contributed by atoms with Crippen LogP contribution in [0.25, 0.3) is 10.9 Å². The SMILES string of the molecule is CCCCN1CC(Nc2cc(F)c([C@@H]3c4[nH]c5ccc(F)cc5c4C[C@@H](C)N3CC(F)(F)F)c(F)c2)C1. The van der Waals surface area contributed by atoms with Crippen molar-refractivity contribution in [2.75, 3.05) is 31.5 Å². The van der Waals surface area contributed by atoms with Crippen molar-refractivity contribution in [3.8, 4) is 0 Å². The van der Waals surface area contributed by atoms with Gasteiger partial charge < -0.3 is 10.3 Å². The Morgan fingerprint density at radius 1 is 1.05 bits per heavy atom. The lowest BCUT2D eigenvalue weighted by molar-refractivity contribution is -0.155. The molecule has 10 heteroatoms. The number of fused-ring (bicyclic) bond motifs is 3. The second kappa shape index (κ2) is 9.87. The molecule has 0 radical (unpaired) electrons. The summed E-state index contributed by atoms with van der Waals surface area (Å²) in [6, 6.07) is 4.34. The molecule has 2 atom stereocenters. The van der Waals surface area contributed by atoms with Gasteiger partial charge in [-0.2, -0.15) is 13.2 Å². The van der Waals surface area contributed by atoms with Crippen LogP contribution in [-0.4, -0.2) is 59.2 Å². The van der Waals surface area contributed by atoms with E-state index in [1.54, 1.807) is 6.92 Å². The van der Waals surface area contributed by atoms with E-state index in [-0.39, 0.29) is 23.8 Å². The number of halogens is 6. The summed E-state index contributed by atoms with van der Waals surface area (Å²) in [5.74, 6) is -2.34. The Labute approximate surface area is 211 Å². The standard InChI is InChI=1S/C27H30F6N4/c1-3-4-7-36-12-18(13-36)34-17-10-21(29)24(22(30)11-17)26-25-20(8-15(2)37(26)14-27(31,32)33)19-9-16(28)5-6-23(19)35-25/h5-6,9-11,15,18,26,34-35H,3-4,7-8,12-14H2,1-2H3/t15-,26-/m1/s1. The van der Waals surface area contributed by atoms with Gasteiger partial charge in [0.15, 0.2) is 0 Å². The number of nitrogens with one attached hydrogen (secondary N) is 2. The zero-order chi connectivity index (χ0) is 26.5. The first kappa shape index (κ1) is 25.9. The fourth-order valence-electron chi connectivity index (χ4n) is 5.68. The fraction of sp³-hybridized carbons (Fsp3) is 0.481. The molecule has 2 aliphatic rings. The first-order valence-corrected chi connectivity index (χ1v) is 12.6. The van der Waals surface area contributed by atoms with Crippen molar-refractivity contribution in [1.82, 2.24) is 14.8 Å². The minimum Gasteiger partial charge on any atom is -0.380 e. The molecule has 0 aliphatic carbocycles. The van der Waals surface area contributed by atoms with Crippen LogP contribution in [-0.2, 0) is 6.42 Å². The monoisotopic (exact) mass is 524 g/mol. The molecule has 1 saturated heterocycles. The van der Waals surface area contributed by atoms with Crippen LogP contribution in [0.3, 0.4) is 0 Å². The van der Waals surface area contributed by atoms with Gasteiger partial charge in [-0.15, -0.1) is 0 Å². The Balaban J connectivity index is 1.51. The van der Waals surface area contributed by atoms with E-state index in [4.69, 9.17) is 0 Å². The molecule has 0 bridgehead atoms. The number of hydrogen-bond donors (Lipinski definition) is 2. The summed E-state index contributed by atoms with van der Waals surface area (Å²) >= 11 is 0. The van der Waals surface area contributed by atoms with Crippen molar-refractivity contribution in [1.29, 1.82) is 0 Å². The third-order valence-electron chi connectivity index (χ3n) is 7.44. The molecule has 3 heterocycles. The van der Waals surface area contributed by atoms with Gasteiger partial charge in [-0.25, -0.2) is 13.2 Å². The molecule has 3 aromatic rings. The van der Waals surface area contributed by atoms with Gasteiger partial charge in [0.1, 0.15) is 17.5 Å². The second-order valence-electron chi connectivity index (χ2n) is 10.3. The average molecular weight is 525 g/mol. The highest BCUT2D eigenvalue weighted by molar-refractivity contribution is 5.85. The van der Waals surface area contributed by atoms with Crippen molar-refractivity contribution in [2.24, 2.45) is 0 Å². The molecule has 2 aliphatic heterocycles. The van der Waals surface area contributed by atoms with Crippen molar-refractivity contribution >= 4 is 16.6 Å². The van der Waals surface area contributed by atoms with Gasteiger partial charge in [-0.1, -0.05) is 13.3 Å². The van der Waals surface area contributed by atoms with E-state index >= 15 is 8.78 Å². The Morgan fingerprint density at radius 3 is 2.41 bits per heavy atom. The summed E-state index contributed by atoms with van der Waals surface area (Å²) in [5, 5.41) is 3.65. The number of alkyl halides is 3. The zero-order valence-corrected chi connectivity index (χ0v) is 20.7. The van der Waals surface area contributed by atoms with E-state index < -0.39 is 47.8 Å². The van der Waals surface area contributed by atoms with Crippen molar-refractivity contribution in [3.63, 3.8) is 0 Å². The van der Waals surface area contributed by atoms with Crippen LogP contribution in [0.15, 0.2) is 30.3 Å². The topological polar surface area (TPSA) is 34.3 Å². The predicted octanol–water partition coefficient (Wildman–Crippen LogP) is 6.38. The molecule has 5 rings (SSSR count). The number of unbranched alkanes of at least 4 members (excludes halogenated alkanes) is 1. The van der Waals surface area contributed by atoms with Crippen LogP contribution in [0.4, 0.5) is 32.0 Å². The van der Waals surface area contributed by atoms with E-state index in [0.29, 0.717) is 16.5 Å². The Bertz CT molecular complexity index is 1260. The molecular weight excluding hydrogens is 494 g/mol. The van der Waals surface area contributed by atoms with Gasteiger partial charge in [0, 0.05) is 47.0 Å². The van der Waals surface area contributed by atoms with Gasteiger partial charge >= 0.3 is 6.18 Å². The van der Waals surface area contributed by atoms with Crippen molar-refractivity contribution in [2.45, 2.75) is 57.4 Å². The molecule has 1 fully saturated rings. The second-order valence-corrected chi connectivity index (χ2v) is 10.3. The lowest BCUT2D eigenvalue weighted by Crippen LogP contribution is -2.54. The van der Waals surface area contributed by atoms with E-state index in [0.717, 1.165) is 49.5 Å². The Kier molecular flexibility index (Phi) is 6.91. The normalized spacial score (nSPS) is 21.3. The molecule has 4 nitrogen and oxygen atoms in total. The van der Waals surface area contributed by atoms with Crippen LogP contribution in [0.1, 0.15) is 49.6 Å². The van der Waals surface area contributed by atoms with Crippen molar-refractivity contribution < 1.29 is 26.3 Å². The minimum absolute atomic E-state index is 0.0492. The molecule has 0 spiro atoms. The highest BCUT2D eigenvalue weighted by Crippen LogP contribution is 2.44. The molecule has 37 heavy (non-hydrogen) atoms. The Hall–Kier alpha value is -2.72. The number of aromatic amines is 1. The average Bonchev–Trinajstić information content (AvgIpc) is 3.13. The molecule has 0 amide bonds. The van der Waals surface area contributed by atoms with Crippen molar-refractivity contribution in [3.05, 3.63) is 64.6 Å². The smallest absolute Gasteiger partial charge is 0.380 e. The van der Waals surface area contributed by atoms with Crippen LogP contribution in [0, 0.1) is 17.5 Å². The van der Waals surface area contributed by atoms with Crippen LogP contribution >= 0.6 is 0 Å². The number of nitrogens with zero attached hydrogens (tertiary/aromatic N) is 2. The summed E-state index contributed by atoms with van der Waals surface area (Å²) in [4.78, 5) is 6.36. The molecule has 2 aromatic carbocycles. The first-order chi connectivity index (χ1) is 17.5. The van der Waals surface area contributed by atoms with Gasteiger partial charge in [-0.05, 0) is 62.2 Å². The lowest BCUT2D eigenvalue weighted by Gasteiger charge is -2.41. The first-order valence-electron chi connectivity index (χ1n) is 12.6. The van der Waals surface area contributed by atoms with Gasteiger partial charge in [0.2, 0.25) is 0 Å². The maximum atomic E-state index is 15.6. The number of aromatic nitrogens is 1. The number of likely N-dealkylation sites (tertiary alicyclic amines) is 1. The van der Waals surface area contributed by atoms with E-state index in [1.807, 2.05) is 0 Å². The van der Waals surface area contributed by atoms with Crippen LogP contribution in [0.5, 0.6) is 0 Å². The summed E-state index contributed by atoms with van der Waals surface area (Å²) in [5.41, 5.74) is 1.14. The molecular formula is C27H30F6N4. The largest absolute Gasteiger partial charge is 0.401 e. The summed E-state index contributed by atoms with van der Waals surface area (Å²) in [6.07, 6.45) is -2.22. The van der Waals surface area contributed by atoms with E-state index in [2.05, 4.69) is 22.1 Å². The highest BCUT2D eigenvalue weighted by atomic mass is 19.4. The van der Waals surface area contributed by atoms with Gasteiger partial charge in [0.05, 0.1) is 18.6 Å². The lowest BCUT2D eigenvalue weighted by atomic mass is 9.88. The minimum atomic E-state index is -4.58. The number of rotatable bonds is 7. The third kappa shape index (κ3) is 5.18. The van der Waals surface area contributed by atoms with Crippen LogP contribution in [0.2, 0.25) is 0 Å². The fourth-order valence-corrected chi connectivity index (χ4v) is 5.68. The maximum absolute atomic E-state index is 15.6. The molecule has 2 N–H and O–H groups in total. The van der Waals surface area contributed by atoms with E-state index in [9.17, 15) is 17.6 Å². The van der Waals surface area contributed by atoms with Gasteiger partial charge in [-0.3, -0.25) is 9.80 Å². The quantitative estimate of drug-likeness (QED) is 0.352. The molecule has 1 aromatic heterocycles. The summed E-state index contributed by atoms with van der Waals surface area (Å²) < 4.78 is 86.0. The zero-order valence-electron chi connectivity index (χ0n) is 20.7.